The lowest BCUT2D eigenvalue weighted by atomic mass is 10.1. The highest BCUT2D eigenvalue weighted by Gasteiger charge is 2.41. The zero-order valence-corrected chi connectivity index (χ0v) is 16.4. The molecule has 8 nitrogen and oxygen atoms in total. The van der Waals surface area contributed by atoms with E-state index in [0.717, 1.165) is 24.2 Å². The van der Waals surface area contributed by atoms with Crippen LogP contribution in [0.2, 0.25) is 0 Å². The van der Waals surface area contributed by atoms with Gasteiger partial charge < -0.3 is 25.2 Å². The predicted octanol–water partition coefficient (Wildman–Crippen LogP) is 2.06. The minimum atomic E-state index is -1.16. The van der Waals surface area contributed by atoms with Crippen molar-refractivity contribution in [2.45, 2.75) is 83.1 Å². The summed E-state index contributed by atoms with van der Waals surface area (Å²) in [6, 6.07) is -1.98. The predicted molar refractivity (Wildman–Crippen MR) is 100 cm³/mol. The highest BCUT2D eigenvalue weighted by Crippen LogP contribution is 2.21. The molecule has 8 heteroatoms. The van der Waals surface area contributed by atoms with Crippen molar-refractivity contribution in [1.29, 1.82) is 0 Å². The number of nitrogens with zero attached hydrogens (tertiary/aromatic N) is 1. The van der Waals surface area contributed by atoms with Gasteiger partial charge in [0, 0.05) is 13.0 Å². The summed E-state index contributed by atoms with van der Waals surface area (Å²) in [5.41, 5.74) is -0.713. The number of aliphatic hydroxyl groups is 1. The highest BCUT2D eigenvalue weighted by atomic mass is 16.6. The van der Waals surface area contributed by atoms with Crippen molar-refractivity contribution >= 4 is 18.0 Å². The van der Waals surface area contributed by atoms with Crippen molar-refractivity contribution < 1.29 is 29.3 Å². The normalized spacial score (nSPS) is 20.8. The maximum absolute atomic E-state index is 12.9. The van der Waals surface area contributed by atoms with Gasteiger partial charge in [0.1, 0.15) is 17.7 Å². The van der Waals surface area contributed by atoms with Crippen LogP contribution in [-0.4, -0.2) is 63.4 Å². The van der Waals surface area contributed by atoms with Crippen molar-refractivity contribution in [2.75, 3.05) is 6.54 Å². The standard InChI is InChI=1S/C19H32N2O6/c1-5-6-7-8-9-10-14(20-18(26)27-19(2,3)4)16(23)21-12-13(22)11-15(21)17(24)25/h5,13-15,22H,1,6-12H2,2-4H3,(H,20,26)(H,24,25)/t13-,14+,15+/m1/s1. The molecule has 0 aromatic rings. The van der Waals surface area contributed by atoms with E-state index in [2.05, 4.69) is 11.9 Å². The van der Waals surface area contributed by atoms with Crippen molar-refractivity contribution in [1.82, 2.24) is 10.2 Å². The number of carboxylic acids is 1. The molecule has 2 amide bonds. The molecule has 3 N–H and O–H groups in total. The Labute approximate surface area is 160 Å². The Morgan fingerprint density at radius 2 is 1.96 bits per heavy atom. The number of amides is 2. The fourth-order valence-electron chi connectivity index (χ4n) is 3.01. The van der Waals surface area contributed by atoms with Crippen LogP contribution in [0.1, 0.15) is 59.3 Å². The van der Waals surface area contributed by atoms with Crippen LogP contribution in [0, 0.1) is 0 Å². The van der Waals surface area contributed by atoms with Crippen LogP contribution in [0.25, 0.3) is 0 Å². The van der Waals surface area contributed by atoms with Gasteiger partial charge in [-0.1, -0.05) is 18.9 Å². The number of allylic oxidation sites excluding steroid dienone is 1. The molecule has 154 valence electrons. The third-order valence-electron chi connectivity index (χ3n) is 4.24. The molecule has 1 saturated heterocycles. The van der Waals surface area contributed by atoms with E-state index in [1.54, 1.807) is 20.8 Å². The number of rotatable bonds is 9. The number of hydrogen-bond acceptors (Lipinski definition) is 5. The molecule has 1 rings (SSSR count). The second-order valence-electron chi connectivity index (χ2n) is 7.86. The van der Waals surface area contributed by atoms with Gasteiger partial charge in [-0.25, -0.2) is 9.59 Å². The lowest BCUT2D eigenvalue weighted by molar-refractivity contribution is -0.149. The zero-order chi connectivity index (χ0) is 20.6. The number of unbranched alkanes of at least 4 members (excludes halogenated alkanes) is 3. The van der Waals surface area contributed by atoms with Crippen LogP contribution in [0.15, 0.2) is 12.7 Å². The molecule has 0 saturated carbocycles. The molecule has 0 spiro atoms. The van der Waals surface area contributed by atoms with Gasteiger partial charge in [-0.2, -0.15) is 0 Å². The summed E-state index contributed by atoms with van der Waals surface area (Å²) in [6.07, 6.45) is 3.92. The third kappa shape index (κ3) is 7.99. The maximum Gasteiger partial charge on any atom is 0.408 e. The van der Waals surface area contributed by atoms with Crippen molar-refractivity contribution in [3.8, 4) is 0 Å². The smallest absolute Gasteiger partial charge is 0.408 e. The summed E-state index contributed by atoms with van der Waals surface area (Å²) in [4.78, 5) is 37.6. The number of aliphatic hydroxyl groups excluding tert-OH is 1. The second-order valence-corrected chi connectivity index (χ2v) is 7.86. The Kier molecular flexibility index (Phi) is 8.75. The Hall–Kier alpha value is -2.09. The number of β-amino-alcohol motifs (C(OH)–C–C–N with tert-alkyl or cyclic N) is 1. The van der Waals surface area contributed by atoms with Crippen molar-refractivity contribution in [3.63, 3.8) is 0 Å². The number of aliphatic carboxylic acids is 1. The summed E-state index contributed by atoms with van der Waals surface area (Å²) in [6.45, 7) is 8.76. The number of ether oxygens (including phenoxy) is 1. The fraction of sp³-hybridized carbons (Fsp3) is 0.737. The number of likely N-dealkylation sites (tertiary alicyclic amines) is 1. The first-order chi connectivity index (χ1) is 12.5. The molecule has 0 unspecified atom stereocenters. The van der Waals surface area contributed by atoms with Crippen LogP contribution in [0.4, 0.5) is 4.79 Å². The monoisotopic (exact) mass is 384 g/mol. The number of hydrogen-bond donors (Lipinski definition) is 3. The molecule has 1 aliphatic rings. The summed E-state index contributed by atoms with van der Waals surface area (Å²) in [5.74, 6) is -1.67. The van der Waals surface area contributed by atoms with Gasteiger partial charge in [0.15, 0.2) is 0 Å². The number of carbonyl (C=O) groups excluding carboxylic acids is 2. The van der Waals surface area contributed by atoms with Gasteiger partial charge in [-0.15, -0.1) is 6.58 Å². The SMILES string of the molecule is C=CCCCCC[C@H](NC(=O)OC(C)(C)C)C(=O)N1C[C@H](O)C[C@H]1C(=O)O. The Morgan fingerprint density at radius 3 is 2.52 bits per heavy atom. The third-order valence-corrected chi connectivity index (χ3v) is 4.24. The van der Waals surface area contributed by atoms with Crippen molar-refractivity contribution in [2.24, 2.45) is 0 Å². The summed E-state index contributed by atoms with van der Waals surface area (Å²) >= 11 is 0. The van der Waals surface area contributed by atoms with E-state index in [9.17, 15) is 24.6 Å². The minimum Gasteiger partial charge on any atom is -0.480 e. The number of carbonyl (C=O) groups is 3. The Bertz CT molecular complexity index is 543. The number of nitrogens with one attached hydrogen (secondary N) is 1. The largest absolute Gasteiger partial charge is 0.480 e. The topological polar surface area (TPSA) is 116 Å². The fourth-order valence-corrected chi connectivity index (χ4v) is 3.01. The van der Waals surface area contributed by atoms with E-state index in [4.69, 9.17) is 4.74 Å². The van der Waals surface area contributed by atoms with Gasteiger partial charge in [-0.3, -0.25) is 4.79 Å². The molecular weight excluding hydrogens is 352 g/mol. The summed E-state index contributed by atoms with van der Waals surface area (Å²) in [5, 5.41) is 21.7. The molecule has 0 aliphatic carbocycles. The van der Waals surface area contributed by atoms with Gasteiger partial charge in [0.2, 0.25) is 5.91 Å². The minimum absolute atomic E-state index is 0.0143. The lowest BCUT2D eigenvalue weighted by Crippen LogP contribution is -2.52. The molecular formula is C19H32N2O6. The van der Waals surface area contributed by atoms with E-state index in [-0.39, 0.29) is 13.0 Å². The van der Waals surface area contributed by atoms with Gasteiger partial charge in [-0.05, 0) is 40.0 Å². The van der Waals surface area contributed by atoms with E-state index in [0.29, 0.717) is 12.8 Å². The Morgan fingerprint density at radius 1 is 1.30 bits per heavy atom. The molecule has 0 radical (unpaired) electrons. The van der Waals surface area contributed by atoms with E-state index in [1.807, 2.05) is 6.08 Å². The lowest BCUT2D eigenvalue weighted by Gasteiger charge is -2.28. The first kappa shape index (κ1) is 23.0. The first-order valence-electron chi connectivity index (χ1n) is 9.37. The van der Waals surface area contributed by atoms with Gasteiger partial charge in [0.05, 0.1) is 6.10 Å². The van der Waals surface area contributed by atoms with Crippen LogP contribution < -0.4 is 5.32 Å². The second kappa shape index (κ2) is 10.3. The van der Waals surface area contributed by atoms with Gasteiger partial charge >= 0.3 is 12.1 Å². The Balaban J connectivity index is 2.81. The summed E-state index contributed by atoms with van der Waals surface area (Å²) in [7, 11) is 0. The summed E-state index contributed by atoms with van der Waals surface area (Å²) < 4.78 is 5.22. The maximum atomic E-state index is 12.9. The van der Waals surface area contributed by atoms with Crippen LogP contribution in [0.3, 0.4) is 0 Å². The molecule has 27 heavy (non-hydrogen) atoms. The van der Waals surface area contributed by atoms with Crippen molar-refractivity contribution in [3.05, 3.63) is 12.7 Å². The average Bonchev–Trinajstić information content (AvgIpc) is 2.93. The molecule has 1 fully saturated rings. The number of alkyl carbamates (subject to hydrolysis) is 1. The van der Waals surface area contributed by atoms with Crippen LogP contribution >= 0.6 is 0 Å². The average molecular weight is 384 g/mol. The molecule has 3 atom stereocenters. The molecule has 0 aromatic heterocycles. The van der Waals surface area contributed by atoms with E-state index in [1.165, 1.54) is 0 Å². The quantitative estimate of drug-likeness (QED) is 0.414. The first-order valence-corrected chi connectivity index (χ1v) is 9.37. The molecule has 0 bridgehead atoms. The number of carboxylic acid groups (broad SMARTS) is 1. The molecule has 1 aliphatic heterocycles. The molecule has 0 aromatic carbocycles. The zero-order valence-electron chi connectivity index (χ0n) is 16.4. The molecule has 1 heterocycles. The van der Waals surface area contributed by atoms with E-state index < -0.39 is 41.8 Å². The van der Waals surface area contributed by atoms with E-state index >= 15 is 0 Å². The van der Waals surface area contributed by atoms with Gasteiger partial charge in [0.25, 0.3) is 0 Å². The van der Waals surface area contributed by atoms with Crippen LogP contribution in [0.5, 0.6) is 0 Å². The highest BCUT2D eigenvalue weighted by molar-refractivity contribution is 5.89. The van der Waals surface area contributed by atoms with Crippen LogP contribution in [-0.2, 0) is 14.3 Å².